The van der Waals surface area contributed by atoms with Gasteiger partial charge < -0.3 is 0 Å². The Morgan fingerprint density at radius 1 is 1.55 bits per heavy atom. The number of nitrogens with zero attached hydrogens (tertiary/aromatic N) is 4. The van der Waals surface area contributed by atoms with Gasteiger partial charge >= 0.3 is 0 Å². The Bertz CT molecular complexity index is 252. The van der Waals surface area contributed by atoms with Crippen molar-refractivity contribution in [2.45, 2.75) is 6.92 Å². The zero-order valence-corrected chi connectivity index (χ0v) is 6.18. The molecule has 1 aromatic heterocycles. The van der Waals surface area contributed by atoms with Crippen LogP contribution in [0.5, 0.6) is 0 Å². The van der Waals surface area contributed by atoms with Crippen molar-refractivity contribution in [2.24, 2.45) is 9.98 Å². The molecule has 0 aliphatic rings. The van der Waals surface area contributed by atoms with Crippen LogP contribution in [0.25, 0.3) is 0 Å². The molecule has 0 atom stereocenters. The predicted molar refractivity (Wildman–Crippen MR) is 44.4 cm³/mol. The summed E-state index contributed by atoms with van der Waals surface area (Å²) in [6.07, 6.45) is 6.19. The van der Waals surface area contributed by atoms with E-state index >= 15 is 0 Å². The summed E-state index contributed by atoms with van der Waals surface area (Å²) < 4.78 is 0. The first-order valence-corrected chi connectivity index (χ1v) is 3.20. The van der Waals surface area contributed by atoms with Crippen LogP contribution >= 0.6 is 0 Å². The van der Waals surface area contributed by atoms with Gasteiger partial charge in [0.15, 0.2) is 5.82 Å². The largest absolute Gasteiger partial charge is 0.249 e. The fourth-order valence-electron chi connectivity index (χ4n) is 0.519. The van der Waals surface area contributed by atoms with Gasteiger partial charge in [-0.3, -0.25) is 0 Å². The number of rotatable bonds is 2. The van der Waals surface area contributed by atoms with Crippen molar-refractivity contribution in [3.63, 3.8) is 0 Å². The molecule has 0 saturated carbocycles. The van der Waals surface area contributed by atoms with Crippen LogP contribution in [0.4, 0.5) is 5.82 Å². The lowest BCUT2D eigenvalue weighted by Gasteiger charge is -1.85. The summed E-state index contributed by atoms with van der Waals surface area (Å²) in [5.74, 6) is 0.616. The van der Waals surface area contributed by atoms with Gasteiger partial charge in [-0.2, -0.15) is 0 Å². The monoisotopic (exact) mass is 148 g/mol. The number of hydrogen-bond acceptors (Lipinski definition) is 3. The van der Waals surface area contributed by atoms with E-state index in [1.54, 1.807) is 18.5 Å². The van der Waals surface area contributed by atoms with Crippen molar-refractivity contribution >= 4 is 18.4 Å². The topological polar surface area (TPSA) is 50.5 Å². The van der Waals surface area contributed by atoms with Crippen molar-refractivity contribution in [1.82, 2.24) is 9.97 Å². The van der Waals surface area contributed by atoms with Crippen LogP contribution in [-0.2, 0) is 0 Å². The van der Waals surface area contributed by atoms with Crippen LogP contribution in [0.1, 0.15) is 6.92 Å². The molecule has 4 heteroatoms. The minimum absolute atomic E-state index is 0.616. The number of hydrogen-bond donors (Lipinski definition) is 0. The maximum absolute atomic E-state index is 3.92. The molecule has 0 amide bonds. The lowest BCUT2D eigenvalue weighted by atomic mass is 10.6. The second-order valence-electron chi connectivity index (χ2n) is 1.72. The third-order valence-corrected chi connectivity index (χ3v) is 0.972. The van der Waals surface area contributed by atoms with Crippen LogP contribution in [0, 0.1) is 0 Å². The van der Waals surface area contributed by atoms with Crippen LogP contribution in [0.2, 0.25) is 0 Å². The van der Waals surface area contributed by atoms with E-state index in [0.717, 1.165) is 0 Å². The molecule has 4 nitrogen and oxygen atoms in total. The Hall–Kier alpha value is -1.58. The van der Waals surface area contributed by atoms with Gasteiger partial charge in [0.2, 0.25) is 0 Å². The quantitative estimate of drug-likeness (QED) is 0.467. The molecule has 0 unspecified atom stereocenters. The van der Waals surface area contributed by atoms with Crippen molar-refractivity contribution in [3.05, 3.63) is 18.6 Å². The third-order valence-electron chi connectivity index (χ3n) is 0.972. The summed E-state index contributed by atoms with van der Waals surface area (Å²) in [5, 5.41) is 0. The molecule has 1 rings (SSSR count). The molecule has 0 saturated heterocycles. The summed E-state index contributed by atoms with van der Waals surface area (Å²) >= 11 is 0. The molecule has 11 heavy (non-hydrogen) atoms. The summed E-state index contributed by atoms with van der Waals surface area (Å²) in [5.41, 5.74) is 0. The first-order chi connectivity index (χ1) is 5.43. The predicted octanol–water partition coefficient (Wildman–Crippen LogP) is 1.23. The number of aromatic nitrogens is 2. The van der Waals surface area contributed by atoms with Gasteiger partial charge in [-0.25, -0.2) is 20.0 Å². The van der Waals surface area contributed by atoms with Crippen molar-refractivity contribution in [3.8, 4) is 0 Å². The van der Waals surface area contributed by atoms with Crippen molar-refractivity contribution in [1.29, 1.82) is 0 Å². The fraction of sp³-hybridized carbons (Fsp3) is 0.143. The van der Waals surface area contributed by atoms with E-state index < -0.39 is 0 Å². The van der Waals surface area contributed by atoms with Crippen LogP contribution in [0.3, 0.4) is 0 Å². The molecular formula is C7H8N4. The molecule has 0 N–H and O–H groups in total. The SMILES string of the molecule is C/C=N\C=N/c1ccncn1. The highest BCUT2D eigenvalue weighted by Gasteiger charge is 1.82. The molecule has 0 aliphatic heterocycles. The number of aliphatic imine (C=N–C) groups is 2. The highest BCUT2D eigenvalue weighted by Crippen LogP contribution is 2.00. The molecule has 0 aliphatic carbocycles. The maximum Gasteiger partial charge on any atom is 0.156 e. The molecule has 56 valence electrons. The second kappa shape index (κ2) is 4.27. The van der Waals surface area contributed by atoms with E-state index in [1.807, 2.05) is 6.92 Å². The molecule has 0 radical (unpaired) electrons. The van der Waals surface area contributed by atoms with E-state index in [4.69, 9.17) is 0 Å². The third kappa shape index (κ3) is 2.66. The molecule has 0 bridgehead atoms. The van der Waals surface area contributed by atoms with E-state index in [0.29, 0.717) is 5.82 Å². The molecular weight excluding hydrogens is 140 g/mol. The normalized spacial score (nSPS) is 11.4. The smallest absolute Gasteiger partial charge is 0.156 e. The minimum Gasteiger partial charge on any atom is -0.249 e. The second-order valence-corrected chi connectivity index (χ2v) is 1.72. The maximum atomic E-state index is 3.92. The molecule has 1 heterocycles. The van der Waals surface area contributed by atoms with E-state index in [-0.39, 0.29) is 0 Å². The average molecular weight is 148 g/mol. The van der Waals surface area contributed by atoms with Gasteiger partial charge in [-0.05, 0) is 6.92 Å². The zero-order valence-electron chi connectivity index (χ0n) is 6.18. The van der Waals surface area contributed by atoms with Crippen LogP contribution in [-0.4, -0.2) is 22.5 Å². The van der Waals surface area contributed by atoms with Crippen molar-refractivity contribution in [2.75, 3.05) is 0 Å². The molecule has 0 spiro atoms. The van der Waals surface area contributed by atoms with Gasteiger partial charge in [-0.1, -0.05) is 0 Å². The van der Waals surface area contributed by atoms with Crippen LogP contribution in [0.15, 0.2) is 28.6 Å². The Balaban J connectivity index is 2.64. The van der Waals surface area contributed by atoms with Gasteiger partial charge in [0.1, 0.15) is 12.7 Å². The summed E-state index contributed by atoms with van der Waals surface area (Å²) in [6, 6.07) is 1.71. The van der Waals surface area contributed by atoms with Gasteiger partial charge in [0, 0.05) is 18.5 Å². The molecule has 0 aromatic carbocycles. The Morgan fingerprint density at radius 2 is 2.45 bits per heavy atom. The highest BCUT2D eigenvalue weighted by molar-refractivity contribution is 5.72. The average Bonchev–Trinajstić information content (AvgIpc) is 2.07. The first kappa shape index (κ1) is 7.53. The van der Waals surface area contributed by atoms with Crippen molar-refractivity contribution < 1.29 is 0 Å². The Kier molecular flexibility index (Phi) is 2.92. The lowest BCUT2D eigenvalue weighted by Crippen LogP contribution is -1.75. The van der Waals surface area contributed by atoms with Gasteiger partial charge in [0.25, 0.3) is 0 Å². The Labute approximate surface area is 64.8 Å². The molecule has 0 fully saturated rings. The summed E-state index contributed by atoms with van der Waals surface area (Å²) in [7, 11) is 0. The minimum atomic E-state index is 0.616. The lowest BCUT2D eigenvalue weighted by molar-refractivity contribution is 1.15. The summed E-state index contributed by atoms with van der Waals surface area (Å²) in [6.45, 7) is 1.83. The first-order valence-electron chi connectivity index (χ1n) is 3.20. The summed E-state index contributed by atoms with van der Waals surface area (Å²) in [4.78, 5) is 15.3. The zero-order chi connectivity index (χ0) is 7.94. The van der Waals surface area contributed by atoms with Gasteiger partial charge in [0.05, 0.1) is 0 Å². The standard InChI is InChI=1S/C7H8N4/c1-2-8-5-10-7-3-4-9-6-11-7/h2-6H,1H3/b8-2-,10-5-. The fourth-order valence-corrected chi connectivity index (χ4v) is 0.519. The van der Waals surface area contributed by atoms with Crippen LogP contribution < -0.4 is 0 Å². The highest BCUT2D eigenvalue weighted by atomic mass is 15.0. The molecule has 1 aromatic rings. The Morgan fingerprint density at radius 3 is 3.09 bits per heavy atom. The van der Waals surface area contributed by atoms with E-state index in [9.17, 15) is 0 Å². The van der Waals surface area contributed by atoms with E-state index in [1.165, 1.54) is 12.7 Å². The van der Waals surface area contributed by atoms with Gasteiger partial charge in [-0.15, -0.1) is 0 Å². The van der Waals surface area contributed by atoms with E-state index in [2.05, 4.69) is 20.0 Å².